The van der Waals surface area contributed by atoms with Crippen LogP contribution in [0.4, 0.5) is 0 Å². The Morgan fingerprint density at radius 2 is 1.79 bits per heavy atom. The molecule has 102 valence electrons. The lowest BCUT2D eigenvalue weighted by molar-refractivity contribution is -0.135. The highest BCUT2D eigenvalue weighted by atomic mass is 16.5. The number of hydrogen-bond acceptors (Lipinski definition) is 6. The van der Waals surface area contributed by atoms with E-state index in [9.17, 15) is 9.59 Å². The van der Waals surface area contributed by atoms with E-state index in [4.69, 9.17) is 9.94 Å². The lowest BCUT2D eigenvalue weighted by Gasteiger charge is -2.05. The van der Waals surface area contributed by atoms with Gasteiger partial charge in [0.05, 0.1) is 13.2 Å². The van der Waals surface area contributed by atoms with Crippen LogP contribution in [-0.2, 0) is 9.53 Å². The van der Waals surface area contributed by atoms with E-state index in [1.165, 1.54) is 12.1 Å². The Morgan fingerprint density at radius 3 is 2.26 bits per heavy atom. The summed E-state index contributed by atoms with van der Waals surface area (Å²) in [6.45, 7) is 4.04. The summed E-state index contributed by atoms with van der Waals surface area (Å²) in [4.78, 5) is 23.3. The molecule has 0 heterocycles. The second-order valence-electron chi connectivity index (χ2n) is 3.46. The molecule has 0 spiro atoms. The van der Waals surface area contributed by atoms with E-state index in [1.54, 1.807) is 19.1 Å². The fraction of sp³-hybridized carbons (Fsp3) is 0.308. The molecule has 0 amide bonds. The normalized spacial score (nSPS) is 10.9. The van der Waals surface area contributed by atoms with E-state index in [-0.39, 0.29) is 12.2 Å². The third-order valence-corrected chi connectivity index (χ3v) is 2.21. The number of nitrogens with zero attached hydrogens (tertiary/aromatic N) is 1. The lowest BCUT2D eigenvalue weighted by Crippen LogP contribution is -2.26. The number of Topliss-reactive ketones (excluding diaryl/α,β-unsaturated/α-hetero) is 1. The zero-order chi connectivity index (χ0) is 14.3. The molecule has 1 aromatic carbocycles. The highest BCUT2D eigenvalue weighted by molar-refractivity contribution is 6.67. The van der Waals surface area contributed by atoms with Crippen molar-refractivity contribution in [1.29, 1.82) is 0 Å². The molecule has 1 N–H and O–H groups in total. The Morgan fingerprint density at radius 1 is 1.16 bits per heavy atom. The maximum atomic E-state index is 11.9. The molecule has 0 bridgehead atoms. The molecule has 0 saturated carbocycles. The molecule has 0 aliphatic heterocycles. The number of oxime groups is 1. The molecule has 6 nitrogen and oxygen atoms in total. The van der Waals surface area contributed by atoms with Crippen molar-refractivity contribution in [2.45, 2.75) is 13.8 Å². The fourth-order valence-electron chi connectivity index (χ4n) is 1.38. The van der Waals surface area contributed by atoms with Crippen LogP contribution in [0.15, 0.2) is 29.4 Å². The van der Waals surface area contributed by atoms with Crippen molar-refractivity contribution in [3.63, 3.8) is 0 Å². The fourth-order valence-corrected chi connectivity index (χ4v) is 1.38. The molecule has 0 fully saturated rings. The van der Waals surface area contributed by atoms with Crippen LogP contribution in [0.1, 0.15) is 24.2 Å². The first-order valence-electron chi connectivity index (χ1n) is 5.80. The largest absolute Gasteiger partial charge is 0.494 e. The quantitative estimate of drug-likeness (QED) is 0.211. The first-order valence-corrected chi connectivity index (χ1v) is 5.80. The maximum absolute atomic E-state index is 11.9. The summed E-state index contributed by atoms with van der Waals surface area (Å²) < 4.78 is 9.86. The molecule has 0 radical (unpaired) electrons. The van der Waals surface area contributed by atoms with E-state index < -0.39 is 17.5 Å². The van der Waals surface area contributed by atoms with Gasteiger partial charge in [-0.2, -0.15) is 0 Å². The number of ketones is 1. The molecular formula is C13H15NO5. The van der Waals surface area contributed by atoms with Gasteiger partial charge in [-0.15, -0.1) is 0 Å². The van der Waals surface area contributed by atoms with Gasteiger partial charge in [-0.05, 0) is 38.1 Å². The van der Waals surface area contributed by atoms with Crippen LogP contribution in [0.3, 0.4) is 0 Å². The van der Waals surface area contributed by atoms with Crippen molar-refractivity contribution in [3.05, 3.63) is 29.8 Å². The predicted octanol–water partition coefficient (Wildman–Crippen LogP) is 1.66. The number of carbonyl (C=O) groups excluding carboxylic acids is 2. The zero-order valence-electron chi connectivity index (χ0n) is 10.8. The highest BCUT2D eigenvalue weighted by Crippen LogP contribution is 2.13. The summed E-state index contributed by atoms with van der Waals surface area (Å²) in [5.74, 6) is -1.05. The summed E-state index contributed by atoms with van der Waals surface area (Å²) in [5, 5.41) is 11.4. The second kappa shape index (κ2) is 7.15. The van der Waals surface area contributed by atoms with E-state index in [2.05, 4.69) is 9.89 Å². The molecular weight excluding hydrogens is 250 g/mol. The average molecular weight is 265 g/mol. The van der Waals surface area contributed by atoms with E-state index >= 15 is 0 Å². The molecule has 0 aromatic heterocycles. The maximum Gasteiger partial charge on any atom is 0.364 e. The molecule has 0 unspecified atom stereocenters. The van der Waals surface area contributed by atoms with Crippen LogP contribution >= 0.6 is 0 Å². The van der Waals surface area contributed by atoms with Gasteiger partial charge >= 0.3 is 5.97 Å². The molecule has 6 heteroatoms. The Bertz CT molecular complexity index is 478. The van der Waals surface area contributed by atoms with E-state index in [0.717, 1.165) is 0 Å². The third-order valence-electron chi connectivity index (χ3n) is 2.21. The van der Waals surface area contributed by atoms with Crippen LogP contribution in [0, 0.1) is 0 Å². The van der Waals surface area contributed by atoms with Gasteiger partial charge in [-0.1, -0.05) is 5.16 Å². The van der Waals surface area contributed by atoms with Crippen molar-refractivity contribution in [3.8, 4) is 5.75 Å². The monoisotopic (exact) mass is 265 g/mol. The van der Waals surface area contributed by atoms with Crippen molar-refractivity contribution in [1.82, 2.24) is 0 Å². The van der Waals surface area contributed by atoms with Gasteiger partial charge < -0.3 is 14.7 Å². The van der Waals surface area contributed by atoms with E-state index in [1.807, 2.05) is 6.92 Å². The molecule has 0 atom stereocenters. The van der Waals surface area contributed by atoms with Crippen molar-refractivity contribution in [2.75, 3.05) is 13.2 Å². The number of esters is 1. The van der Waals surface area contributed by atoms with Gasteiger partial charge in [-0.25, -0.2) is 4.79 Å². The molecule has 0 aliphatic carbocycles. The Kier molecular flexibility index (Phi) is 5.53. The lowest BCUT2D eigenvalue weighted by atomic mass is 10.1. The Labute approximate surface area is 110 Å². The van der Waals surface area contributed by atoms with Gasteiger partial charge in [0, 0.05) is 5.56 Å². The number of benzene rings is 1. The first kappa shape index (κ1) is 14.7. The number of ether oxygens (including phenoxy) is 2. The minimum absolute atomic E-state index is 0.0917. The molecule has 0 aliphatic rings. The van der Waals surface area contributed by atoms with Crippen LogP contribution < -0.4 is 4.74 Å². The predicted molar refractivity (Wildman–Crippen MR) is 67.8 cm³/mol. The average Bonchev–Trinajstić information content (AvgIpc) is 2.41. The van der Waals surface area contributed by atoms with Crippen LogP contribution in [0.25, 0.3) is 0 Å². The van der Waals surface area contributed by atoms with E-state index in [0.29, 0.717) is 12.4 Å². The van der Waals surface area contributed by atoms with Gasteiger partial charge in [0.15, 0.2) is 0 Å². The van der Waals surface area contributed by atoms with Crippen LogP contribution in [0.5, 0.6) is 5.75 Å². The van der Waals surface area contributed by atoms with Crippen molar-refractivity contribution in [2.24, 2.45) is 5.16 Å². The number of rotatable bonds is 6. The summed E-state index contributed by atoms with van der Waals surface area (Å²) in [6.07, 6.45) is 0. The summed E-state index contributed by atoms with van der Waals surface area (Å²) in [7, 11) is 0. The highest BCUT2D eigenvalue weighted by Gasteiger charge is 2.24. The summed E-state index contributed by atoms with van der Waals surface area (Å²) in [5.41, 5.74) is -0.435. The SMILES string of the molecule is CCOC(=O)C(=NO)C(=O)c1ccc(OCC)cc1. The standard InChI is InChI=1S/C13H15NO5/c1-3-18-10-7-5-9(6-8-10)12(15)11(14-17)13(16)19-4-2/h5-8,17H,3-4H2,1-2H3. The van der Waals surface area contributed by atoms with Gasteiger partial charge in [0.25, 0.3) is 0 Å². The van der Waals surface area contributed by atoms with Crippen molar-refractivity contribution >= 4 is 17.5 Å². The van der Waals surface area contributed by atoms with Crippen LogP contribution in [-0.4, -0.2) is 35.9 Å². The number of carbonyl (C=O) groups is 2. The second-order valence-corrected chi connectivity index (χ2v) is 3.46. The first-order chi connectivity index (χ1) is 9.13. The Balaban J connectivity index is 2.89. The molecule has 1 rings (SSSR count). The van der Waals surface area contributed by atoms with Crippen LogP contribution in [0.2, 0.25) is 0 Å². The Hall–Kier alpha value is -2.37. The topological polar surface area (TPSA) is 85.2 Å². The molecule has 0 saturated heterocycles. The summed E-state index contributed by atoms with van der Waals surface area (Å²) >= 11 is 0. The zero-order valence-corrected chi connectivity index (χ0v) is 10.8. The van der Waals surface area contributed by atoms with Gasteiger partial charge in [0.1, 0.15) is 5.75 Å². The smallest absolute Gasteiger partial charge is 0.364 e. The minimum Gasteiger partial charge on any atom is -0.494 e. The minimum atomic E-state index is -0.955. The molecule has 1 aromatic rings. The summed E-state index contributed by atoms with van der Waals surface area (Å²) in [6, 6.07) is 6.16. The third kappa shape index (κ3) is 3.80. The van der Waals surface area contributed by atoms with Crippen molar-refractivity contribution < 1.29 is 24.3 Å². The van der Waals surface area contributed by atoms with Gasteiger partial charge in [0.2, 0.25) is 11.5 Å². The molecule has 19 heavy (non-hydrogen) atoms. The number of hydrogen-bond donors (Lipinski definition) is 1. The van der Waals surface area contributed by atoms with Gasteiger partial charge in [-0.3, -0.25) is 4.79 Å².